The fourth-order valence-corrected chi connectivity index (χ4v) is 2.90. The highest BCUT2D eigenvalue weighted by Crippen LogP contribution is 2.41. The summed E-state index contributed by atoms with van der Waals surface area (Å²) in [5.74, 6) is 1.77. The summed E-state index contributed by atoms with van der Waals surface area (Å²) in [5, 5.41) is 0. The summed E-state index contributed by atoms with van der Waals surface area (Å²) >= 11 is 0. The van der Waals surface area contributed by atoms with Crippen LogP contribution in [0.15, 0.2) is 0 Å². The van der Waals surface area contributed by atoms with Gasteiger partial charge in [-0.15, -0.1) is 0 Å². The lowest BCUT2D eigenvalue weighted by atomic mass is 9.74. The monoisotopic (exact) mass is 211 g/mol. The Bertz CT molecular complexity index is 205. The summed E-state index contributed by atoms with van der Waals surface area (Å²) in [4.78, 5) is 0. The van der Waals surface area contributed by atoms with Crippen LogP contribution in [0.4, 0.5) is 0 Å². The Morgan fingerprint density at radius 2 is 1.87 bits per heavy atom. The minimum Gasteiger partial charge on any atom is -0.377 e. The van der Waals surface area contributed by atoms with E-state index in [4.69, 9.17) is 10.5 Å². The Hall–Kier alpha value is -0.0800. The molecule has 0 spiro atoms. The van der Waals surface area contributed by atoms with Crippen LogP contribution >= 0.6 is 0 Å². The van der Waals surface area contributed by atoms with Crippen LogP contribution in [0.5, 0.6) is 0 Å². The maximum Gasteiger partial charge on any atom is 0.0829 e. The first kappa shape index (κ1) is 11.4. The molecule has 2 fully saturated rings. The third-order valence-corrected chi connectivity index (χ3v) is 4.49. The standard InChI is InChI=1S/C13H25NO/c1-10-5-7-13(15-2,8-6-10)12(14)9-11-3-4-11/h10-12H,3-9,14H2,1-2H3. The van der Waals surface area contributed by atoms with Gasteiger partial charge in [0.2, 0.25) is 0 Å². The number of methoxy groups -OCH3 is 1. The SMILES string of the molecule is COC1(C(N)CC2CC2)CCC(C)CC1. The highest BCUT2D eigenvalue weighted by atomic mass is 16.5. The van der Waals surface area contributed by atoms with Gasteiger partial charge in [0, 0.05) is 13.2 Å². The largest absolute Gasteiger partial charge is 0.377 e. The van der Waals surface area contributed by atoms with Crippen molar-refractivity contribution in [1.82, 2.24) is 0 Å². The van der Waals surface area contributed by atoms with Gasteiger partial charge in [-0.2, -0.15) is 0 Å². The molecule has 2 heteroatoms. The molecule has 15 heavy (non-hydrogen) atoms. The molecule has 1 atom stereocenters. The second-order valence-corrected chi connectivity index (χ2v) is 5.74. The highest BCUT2D eigenvalue weighted by molar-refractivity contribution is 4.97. The van der Waals surface area contributed by atoms with Crippen LogP contribution < -0.4 is 5.73 Å². The fraction of sp³-hybridized carbons (Fsp3) is 1.00. The van der Waals surface area contributed by atoms with E-state index in [1.165, 1.54) is 44.9 Å². The Morgan fingerprint density at radius 3 is 2.33 bits per heavy atom. The molecule has 0 bridgehead atoms. The lowest BCUT2D eigenvalue weighted by Crippen LogP contribution is -2.51. The fourth-order valence-electron chi connectivity index (χ4n) is 2.90. The molecular formula is C13H25NO. The van der Waals surface area contributed by atoms with Crippen LogP contribution in [0.1, 0.15) is 51.9 Å². The average molecular weight is 211 g/mol. The first-order chi connectivity index (χ1) is 7.16. The quantitative estimate of drug-likeness (QED) is 0.776. The molecule has 2 nitrogen and oxygen atoms in total. The lowest BCUT2D eigenvalue weighted by Gasteiger charge is -2.42. The molecule has 0 aromatic rings. The van der Waals surface area contributed by atoms with Gasteiger partial charge < -0.3 is 10.5 Å². The molecule has 1 unspecified atom stereocenters. The van der Waals surface area contributed by atoms with Crippen molar-refractivity contribution in [2.24, 2.45) is 17.6 Å². The Labute approximate surface area is 93.6 Å². The van der Waals surface area contributed by atoms with E-state index in [-0.39, 0.29) is 11.6 Å². The smallest absolute Gasteiger partial charge is 0.0829 e. The Kier molecular flexibility index (Phi) is 3.36. The maximum atomic E-state index is 6.36. The maximum absolute atomic E-state index is 6.36. The van der Waals surface area contributed by atoms with E-state index in [1.807, 2.05) is 7.11 Å². The third-order valence-electron chi connectivity index (χ3n) is 4.49. The third kappa shape index (κ3) is 2.54. The average Bonchev–Trinajstić information content (AvgIpc) is 3.03. The molecule has 2 aliphatic carbocycles. The van der Waals surface area contributed by atoms with E-state index in [0.29, 0.717) is 0 Å². The van der Waals surface area contributed by atoms with Gasteiger partial charge in [-0.05, 0) is 43.9 Å². The van der Waals surface area contributed by atoms with Crippen molar-refractivity contribution in [2.45, 2.75) is 63.5 Å². The zero-order valence-electron chi connectivity index (χ0n) is 10.2. The normalized spacial score (nSPS) is 39.0. The van der Waals surface area contributed by atoms with E-state index in [0.717, 1.165) is 11.8 Å². The van der Waals surface area contributed by atoms with Crippen LogP contribution in [-0.2, 0) is 4.74 Å². The van der Waals surface area contributed by atoms with Crippen LogP contribution in [0.3, 0.4) is 0 Å². The Morgan fingerprint density at radius 1 is 1.27 bits per heavy atom. The van der Waals surface area contributed by atoms with Crippen molar-refractivity contribution >= 4 is 0 Å². The summed E-state index contributed by atoms with van der Waals surface area (Å²) in [6.07, 6.45) is 8.87. The van der Waals surface area contributed by atoms with Crippen LogP contribution in [-0.4, -0.2) is 18.8 Å². The van der Waals surface area contributed by atoms with Crippen LogP contribution in [0, 0.1) is 11.8 Å². The molecule has 0 radical (unpaired) electrons. The number of nitrogens with two attached hydrogens (primary N) is 1. The lowest BCUT2D eigenvalue weighted by molar-refractivity contribution is -0.0686. The highest BCUT2D eigenvalue weighted by Gasteiger charge is 2.41. The molecule has 0 saturated heterocycles. The van der Waals surface area contributed by atoms with E-state index in [1.54, 1.807) is 0 Å². The minimum atomic E-state index is 0.00903. The molecule has 0 aromatic carbocycles. The number of rotatable bonds is 4. The van der Waals surface area contributed by atoms with Crippen LogP contribution in [0.2, 0.25) is 0 Å². The van der Waals surface area contributed by atoms with E-state index < -0.39 is 0 Å². The zero-order valence-corrected chi connectivity index (χ0v) is 10.2. The topological polar surface area (TPSA) is 35.2 Å². The van der Waals surface area contributed by atoms with Gasteiger partial charge in [-0.3, -0.25) is 0 Å². The van der Waals surface area contributed by atoms with Gasteiger partial charge in [0.15, 0.2) is 0 Å². The van der Waals surface area contributed by atoms with Crippen molar-refractivity contribution in [3.8, 4) is 0 Å². The molecule has 2 saturated carbocycles. The molecule has 0 heterocycles. The summed E-state index contributed by atoms with van der Waals surface area (Å²) in [7, 11) is 1.85. The predicted molar refractivity (Wildman–Crippen MR) is 62.7 cm³/mol. The number of hydrogen-bond acceptors (Lipinski definition) is 2. The van der Waals surface area contributed by atoms with E-state index >= 15 is 0 Å². The molecule has 0 aromatic heterocycles. The second-order valence-electron chi connectivity index (χ2n) is 5.74. The summed E-state index contributed by atoms with van der Waals surface area (Å²) in [6.45, 7) is 2.34. The van der Waals surface area contributed by atoms with Gasteiger partial charge in [0.25, 0.3) is 0 Å². The van der Waals surface area contributed by atoms with Crippen LogP contribution in [0.25, 0.3) is 0 Å². The minimum absolute atomic E-state index is 0.00903. The molecule has 88 valence electrons. The van der Waals surface area contributed by atoms with Crippen molar-refractivity contribution in [2.75, 3.05) is 7.11 Å². The van der Waals surface area contributed by atoms with Gasteiger partial charge >= 0.3 is 0 Å². The van der Waals surface area contributed by atoms with Gasteiger partial charge in [0.05, 0.1) is 5.60 Å². The summed E-state index contributed by atoms with van der Waals surface area (Å²) in [5.41, 5.74) is 6.36. The van der Waals surface area contributed by atoms with Crippen molar-refractivity contribution in [3.63, 3.8) is 0 Å². The molecule has 0 aliphatic heterocycles. The summed E-state index contributed by atoms with van der Waals surface area (Å²) < 4.78 is 5.79. The second kappa shape index (κ2) is 4.42. The van der Waals surface area contributed by atoms with E-state index in [2.05, 4.69) is 6.92 Å². The number of ether oxygens (including phenoxy) is 1. The molecule has 2 N–H and O–H groups in total. The summed E-state index contributed by atoms with van der Waals surface area (Å²) in [6, 6.07) is 0.266. The predicted octanol–water partition coefficient (Wildman–Crippen LogP) is 2.71. The first-order valence-corrected chi connectivity index (χ1v) is 6.47. The van der Waals surface area contributed by atoms with Gasteiger partial charge in [0.1, 0.15) is 0 Å². The number of hydrogen-bond donors (Lipinski definition) is 1. The Balaban J connectivity index is 1.93. The first-order valence-electron chi connectivity index (χ1n) is 6.47. The van der Waals surface area contributed by atoms with Gasteiger partial charge in [-0.25, -0.2) is 0 Å². The van der Waals surface area contributed by atoms with E-state index in [9.17, 15) is 0 Å². The van der Waals surface area contributed by atoms with Crippen molar-refractivity contribution < 1.29 is 4.74 Å². The van der Waals surface area contributed by atoms with Gasteiger partial charge in [-0.1, -0.05) is 19.8 Å². The molecular weight excluding hydrogens is 186 g/mol. The molecule has 0 amide bonds. The molecule has 2 aliphatic rings. The van der Waals surface area contributed by atoms with Crippen molar-refractivity contribution in [1.29, 1.82) is 0 Å². The molecule has 2 rings (SSSR count). The van der Waals surface area contributed by atoms with Crippen molar-refractivity contribution in [3.05, 3.63) is 0 Å². The zero-order chi connectivity index (χ0) is 10.9.